The van der Waals surface area contributed by atoms with Gasteiger partial charge in [0, 0.05) is 189 Å². The topological polar surface area (TPSA) is 38.9 Å². The lowest BCUT2D eigenvalue weighted by atomic mass is 9.86. The molecule has 12 heteroatoms. The van der Waals surface area contributed by atoms with Crippen LogP contribution >= 0.6 is 0 Å². The first-order chi connectivity index (χ1) is 42.6. The highest BCUT2D eigenvalue weighted by Crippen LogP contribution is 2.41. The Morgan fingerprint density at radius 2 is 0.637 bits per heavy atom. The van der Waals surface area contributed by atoms with E-state index >= 15 is 0 Å². The summed E-state index contributed by atoms with van der Waals surface area (Å²) in [4.78, 5) is 31.3. The van der Waals surface area contributed by atoms with E-state index in [1.807, 2.05) is 0 Å². The van der Waals surface area contributed by atoms with Crippen molar-refractivity contribution >= 4 is 0 Å². The number of piperazine rings is 2. The molecule has 0 saturated carbocycles. The van der Waals surface area contributed by atoms with Gasteiger partial charge >= 0.3 is 0 Å². The van der Waals surface area contributed by atoms with Gasteiger partial charge in [0.05, 0.1) is 0 Å². The second-order valence-electron chi connectivity index (χ2n) is 34.7. The molecular weight excluding hydrogens is 1120 g/mol. The summed E-state index contributed by atoms with van der Waals surface area (Å²) in [6.45, 7) is 93.0. The van der Waals surface area contributed by atoms with E-state index in [9.17, 15) is 0 Å². The molecule has 2 bridgehead atoms. The minimum Gasteiger partial charge on any atom is -0.301 e. The third-order valence-corrected chi connectivity index (χ3v) is 23.9. The van der Waals surface area contributed by atoms with Crippen LogP contribution in [0, 0.1) is 35.0 Å². The van der Waals surface area contributed by atoms with Crippen molar-refractivity contribution in [3.63, 3.8) is 0 Å². The standard InChI is InChI=1S/C13H26N2.C12H24N2.C11H22N2.C11H24N2.C11H23N.C11H21N.C10H22N2/c1-11(2)14-7-5-13(9-14)6-8-15(10-13)12(3)4;1-9(2)13-5-11-7-14(10(3)4)8-12(11)6-13;1-8(2)12-6-11-5-10(12)7-13(11)9(3)4;1-10(2)12-6-5-7-13(9-8-12)11(3)4;3*1-9(2)11-5-7-12(8-6-11)10(3)4/h11-12H,5-10H2,1-4H3;9-12H,5-8H2,1-4H3;8-11H,5-7H2,1-4H3;10-11H,5-9H2,1-4H3;9-11H,5-8H2,1-4H3;5,9-10H,6-8H2,1-4H3;9-10H,5-8H2,1-4H3. The van der Waals surface area contributed by atoms with Gasteiger partial charge in [0.25, 0.3) is 0 Å². The molecule has 10 heterocycles. The number of nitrogens with zero attached hydrogens (tertiary/aromatic N) is 12. The molecule has 2 atom stereocenters. The highest BCUT2D eigenvalue weighted by molar-refractivity contribution is 5.10. The van der Waals surface area contributed by atoms with Gasteiger partial charge in [-0.25, -0.2) is 0 Å². The maximum absolute atomic E-state index is 2.67. The molecule has 0 aromatic heterocycles. The Morgan fingerprint density at radius 3 is 0.890 bits per heavy atom. The molecule has 0 aliphatic carbocycles. The Morgan fingerprint density at radius 1 is 0.319 bits per heavy atom. The number of fused-ring (bicyclic) bond motifs is 3. The van der Waals surface area contributed by atoms with Crippen LogP contribution in [-0.4, -0.2) is 287 Å². The Hall–Kier alpha value is -0.740. The van der Waals surface area contributed by atoms with E-state index in [1.54, 1.807) is 5.57 Å². The number of piperidine rings is 1. The summed E-state index contributed by atoms with van der Waals surface area (Å²) in [5.41, 5.74) is 2.29. The van der Waals surface area contributed by atoms with Gasteiger partial charge in [-0.15, -0.1) is 0 Å². The number of hydrogen-bond donors (Lipinski definition) is 0. The predicted molar refractivity (Wildman–Crippen MR) is 401 cm³/mol. The maximum atomic E-state index is 2.67. The summed E-state index contributed by atoms with van der Waals surface area (Å²) < 4.78 is 0. The third-order valence-electron chi connectivity index (χ3n) is 23.9. The maximum Gasteiger partial charge on any atom is 0.0242 e. The zero-order valence-corrected chi connectivity index (χ0v) is 66.4. The second kappa shape index (κ2) is 40.4. The van der Waals surface area contributed by atoms with Crippen molar-refractivity contribution in [3.8, 4) is 0 Å². The second-order valence-corrected chi connectivity index (χ2v) is 34.7. The molecule has 12 nitrogen and oxygen atoms in total. The molecule has 0 aromatic rings. The quantitative estimate of drug-likeness (QED) is 0.156. The first-order valence-electron chi connectivity index (χ1n) is 39.2. The van der Waals surface area contributed by atoms with Crippen LogP contribution in [0.15, 0.2) is 11.6 Å². The molecule has 1 spiro atoms. The molecule has 9 saturated heterocycles. The van der Waals surface area contributed by atoms with Crippen molar-refractivity contribution in [2.75, 3.05) is 144 Å². The van der Waals surface area contributed by atoms with Crippen molar-refractivity contribution in [2.45, 2.75) is 323 Å². The van der Waals surface area contributed by atoms with Gasteiger partial charge in [-0.3, -0.25) is 34.3 Å². The minimum atomic E-state index is 0.647. The van der Waals surface area contributed by atoms with Gasteiger partial charge < -0.3 is 24.5 Å². The lowest BCUT2D eigenvalue weighted by Crippen LogP contribution is -2.50. The Bertz CT molecular complexity index is 1770. The number of hydrogen-bond acceptors (Lipinski definition) is 12. The Balaban J connectivity index is 0.000000227. The first-order valence-corrected chi connectivity index (χ1v) is 39.2. The Labute approximate surface area is 570 Å². The fraction of sp³-hybridized carbons (Fsp3) is 0.975. The van der Waals surface area contributed by atoms with Gasteiger partial charge in [0.2, 0.25) is 0 Å². The molecule has 538 valence electrons. The lowest BCUT2D eigenvalue weighted by Gasteiger charge is -2.38. The van der Waals surface area contributed by atoms with Crippen LogP contribution in [0.3, 0.4) is 0 Å². The van der Waals surface area contributed by atoms with Crippen LogP contribution in [0.5, 0.6) is 0 Å². The largest absolute Gasteiger partial charge is 0.301 e. The molecule has 10 rings (SSSR count). The van der Waals surface area contributed by atoms with Crippen LogP contribution in [0.1, 0.15) is 239 Å². The van der Waals surface area contributed by atoms with E-state index in [0.29, 0.717) is 23.5 Å². The zero-order chi connectivity index (χ0) is 68.2. The first kappa shape index (κ1) is 82.7. The molecule has 0 N–H and O–H groups in total. The van der Waals surface area contributed by atoms with Gasteiger partial charge in [-0.1, -0.05) is 39.3 Å². The molecule has 91 heavy (non-hydrogen) atoms. The summed E-state index contributed by atoms with van der Waals surface area (Å²) in [6.07, 6.45) is 12.1. The molecule has 10 aliphatic heterocycles. The highest BCUT2D eigenvalue weighted by Gasteiger charge is 2.46. The summed E-state index contributed by atoms with van der Waals surface area (Å²) in [5.74, 6) is 4.54. The van der Waals surface area contributed by atoms with Gasteiger partial charge in [0.15, 0.2) is 0 Å². The van der Waals surface area contributed by atoms with Crippen molar-refractivity contribution < 1.29 is 0 Å². The predicted octanol–water partition coefficient (Wildman–Crippen LogP) is 14.1. The van der Waals surface area contributed by atoms with Crippen LogP contribution in [0.2, 0.25) is 0 Å². The molecule has 0 aromatic carbocycles. The monoisotopic (exact) mass is 1280 g/mol. The number of rotatable bonds is 14. The van der Waals surface area contributed by atoms with Crippen LogP contribution in [0.25, 0.3) is 0 Å². The fourth-order valence-electron chi connectivity index (χ4n) is 16.6. The van der Waals surface area contributed by atoms with Crippen LogP contribution < -0.4 is 0 Å². The van der Waals surface area contributed by atoms with E-state index < -0.39 is 0 Å². The summed E-state index contributed by atoms with van der Waals surface area (Å²) in [6, 6.07) is 10.5. The van der Waals surface area contributed by atoms with Crippen molar-refractivity contribution in [1.29, 1.82) is 0 Å². The zero-order valence-electron chi connectivity index (χ0n) is 66.4. The van der Waals surface area contributed by atoms with Crippen LogP contribution in [0.4, 0.5) is 0 Å². The van der Waals surface area contributed by atoms with E-state index in [1.165, 1.54) is 182 Å². The van der Waals surface area contributed by atoms with Crippen molar-refractivity contribution in [1.82, 2.24) is 58.8 Å². The van der Waals surface area contributed by atoms with Gasteiger partial charge in [0.1, 0.15) is 0 Å². The summed E-state index contributed by atoms with van der Waals surface area (Å²) in [7, 11) is 0. The minimum absolute atomic E-state index is 0.647. The highest BCUT2D eigenvalue weighted by atomic mass is 15.4. The van der Waals surface area contributed by atoms with E-state index in [2.05, 4.69) is 259 Å². The summed E-state index contributed by atoms with van der Waals surface area (Å²) >= 11 is 0. The van der Waals surface area contributed by atoms with Crippen molar-refractivity contribution in [3.05, 3.63) is 11.6 Å². The molecular formula is C79H162N12. The average molecular weight is 1280 g/mol. The smallest absolute Gasteiger partial charge is 0.0242 e. The SMILES string of the molecule is CC(C)C1=CCN(C(C)C)CC1.CC(C)C1CCN(C(C)C)CC1.CC(C)N1CC2CC1CN2C(C)C.CC(C)N1CC2CN(C(C)C)CC2C1.CC(C)N1CCC2(CCN(C(C)C)C2)C1.CC(C)N1CCCN(C(C)C)CC1.CC(C)N1CCN(C(C)C)CC1. The molecule has 9 fully saturated rings. The fourth-order valence-corrected chi connectivity index (χ4v) is 16.6. The van der Waals surface area contributed by atoms with Gasteiger partial charge in [-0.2, -0.15) is 0 Å². The van der Waals surface area contributed by atoms with Gasteiger partial charge in [-0.05, 0) is 285 Å². The molecule has 0 radical (unpaired) electrons. The lowest BCUT2D eigenvalue weighted by molar-refractivity contribution is 0.0849. The van der Waals surface area contributed by atoms with Crippen molar-refractivity contribution in [2.24, 2.45) is 35.0 Å². The molecule has 2 unspecified atom stereocenters. The van der Waals surface area contributed by atoms with E-state index in [-0.39, 0.29) is 0 Å². The summed E-state index contributed by atoms with van der Waals surface area (Å²) in [5, 5.41) is 0. The van der Waals surface area contributed by atoms with E-state index in [0.717, 1.165) is 103 Å². The molecule has 10 aliphatic rings. The molecule has 0 amide bonds. The van der Waals surface area contributed by atoms with E-state index in [4.69, 9.17) is 0 Å². The third kappa shape index (κ3) is 27.1. The van der Waals surface area contributed by atoms with Crippen LogP contribution in [-0.2, 0) is 0 Å². The average Bonchev–Trinajstić information content (AvgIpc) is 1.70. The number of likely N-dealkylation sites (tertiary alicyclic amines) is 7. The normalized spacial score (nSPS) is 26.8. The Kier molecular flexibility index (Phi) is 36.7.